The van der Waals surface area contributed by atoms with E-state index in [4.69, 9.17) is 22.6 Å². The van der Waals surface area contributed by atoms with Gasteiger partial charge in [0.15, 0.2) is 6.17 Å². The summed E-state index contributed by atoms with van der Waals surface area (Å²) in [6.07, 6.45) is 1.59. The van der Waals surface area contributed by atoms with Gasteiger partial charge >= 0.3 is 7.82 Å². The molecule has 0 spiro atoms. The Labute approximate surface area is 96.4 Å². The molecule has 0 aliphatic heterocycles. The number of alkyl halides is 3. The summed E-state index contributed by atoms with van der Waals surface area (Å²) in [5.74, 6) is 3.63. The molecule has 2 N–H and O–H groups in total. The van der Waals surface area contributed by atoms with Crippen molar-refractivity contribution < 1.29 is 32.0 Å². The van der Waals surface area contributed by atoms with Crippen LogP contribution < -0.4 is 0 Å². The minimum Gasteiger partial charge on any atom is -0.303 e. The number of phosphoric acid groups is 1. The molecule has 0 rings (SSSR count). The molecular formula is C9H10F3O4P. The van der Waals surface area contributed by atoms with Gasteiger partial charge in [-0.3, -0.25) is 4.52 Å². The molecule has 0 saturated heterocycles. The van der Waals surface area contributed by atoms with E-state index in [0.717, 1.165) is 0 Å². The highest BCUT2D eigenvalue weighted by molar-refractivity contribution is 7.46. The molecule has 0 bridgehead atoms. The minimum atomic E-state index is -5.20. The van der Waals surface area contributed by atoms with Gasteiger partial charge in [-0.25, -0.2) is 17.7 Å². The zero-order valence-electron chi connectivity index (χ0n) is 8.52. The maximum absolute atomic E-state index is 13.3. The fraction of sp³-hybridized carbons (Fsp3) is 0.556. The van der Waals surface area contributed by atoms with Gasteiger partial charge in [-0.2, -0.15) is 0 Å². The van der Waals surface area contributed by atoms with E-state index in [0.29, 0.717) is 0 Å². The summed E-state index contributed by atoms with van der Waals surface area (Å²) in [4.78, 5) is 17.2. The van der Waals surface area contributed by atoms with Gasteiger partial charge in [0.25, 0.3) is 6.43 Å². The van der Waals surface area contributed by atoms with Crippen molar-refractivity contribution in [1.82, 2.24) is 0 Å². The summed E-state index contributed by atoms with van der Waals surface area (Å²) in [5.41, 5.74) is -2.59. The Balaban J connectivity index is 5.36. The van der Waals surface area contributed by atoms with Crippen molar-refractivity contribution in [3.05, 3.63) is 0 Å². The molecule has 96 valence electrons. The van der Waals surface area contributed by atoms with Gasteiger partial charge in [0.2, 0.25) is 0 Å². The molecule has 0 radical (unpaired) electrons. The first-order valence-corrected chi connectivity index (χ1v) is 5.77. The van der Waals surface area contributed by atoms with Crippen molar-refractivity contribution in [3.8, 4) is 24.7 Å². The maximum Gasteiger partial charge on any atom is 0.470 e. The molecule has 0 saturated carbocycles. The Morgan fingerprint density at radius 3 is 1.88 bits per heavy atom. The SMILES string of the molecule is C#CCC(CC#C)(OP(=O)(O)O)C(F)C(F)F. The van der Waals surface area contributed by atoms with E-state index in [2.05, 4.69) is 4.52 Å². The Bertz CT molecular complexity index is 363. The molecule has 0 aromatic carbocycles. The molecule has 1 atom stereocenters. The van der Waals surface area contributed by atoms with Gasteiger partial charge in [-0.15, -0.1) is 24.7 Å². The lowest BCUT2D eigenvalue weighted by atomic mass is 9.91. The zero-order chi connectivity index (χ0) is 13.7. The summed E-state index contributed by atoms with van der Waals surface area (Å²) >= 11 is 0. The van der Waals surface area contributed by atoms with Crippen molar-refractivity contribution in [2.45, 2.75) is 31.0 Å². The Kier molecular flexibility index (Phi) is 5.74. The lowest BCUT2D eigenvalue weighted by Gasteiger charge is -2.32. The third kappa shape index (κ3) is 4.80. The monoisotopic (exact) mass is 270 g/mol. The predicted octanol–water partition coefficient (Wildman–Crippen LogP) is 1.48. The van der Waals surface area contributed by atoms with Crippen molar-refractivity contribution in [3.63, 3.8) is 0 Å². The molecule has 0 heterocycles. The molecule has 0 aliphatic rings. The molecule has 0 aromatic rings. The molecule has 0 aromatic heterocycles. The van der Waals surface area contributed by atoms with Gasteiger partial charge in [-0.1, -0.05) is 0 Å². The fourth-order valence-electron chi connectivity index (χ4n) is 1.18. The van der Waals surface area contributed by atoms with Crippen LogP contribution in [0.1, 0.15) is 12.8 Å². The number of halogens is 3. The van der Waals surface area contributed by atoms with E-state index in [1.807, 2.05) is 11.8 Å². The van der Waals surface area contributed by atoms with Gasteiger partial charge in [-0.05, 0) is 0 Å². The molecule has 0 amide bonds. The summed E-state index contributed by atoms with van der Waals surface area (Å²) in [6.45, 7) is 0. The van der Waals surface area contributed by atoms with Crippen molar-refractivity contribution in [1.29, 1.82) is 0 Å². The minimum absolute atomic E-state index is 0.784. The van der Waals surface area contributed by atoms with Crippen LogP contribution in [0.5, 0.6) is 0 Å². The second kappa shape index (κ2) is 6.09. The smallest absolute Gasteiger partial charge is 0.303 e. The number of hydrogen-bond acceptors (Lipinski definition) is 2. The first-order valence-electron chi connectivity index (χ1n) is 4.24. The number of rotatable bonds is 6. The average molecular weight is 270 g/mol. The molecule has 1 unspecified atom stereocenters. The summed E-state index contributed by atoms with van der Waals surface area (Å²) in [5, 5.41) is 0. The van der Waals surface area contributed by atoms with Crippen molar-refractivity contribution in [2.24, 2.45) is 0 Å². The van der Waals surface area contributed by atoms with E-state index in [-0.39, 0.29) is 0 Å². The Morgan fingerprint density at radius 2 is 1.65 bits per heavy atom. The van der Waals surface area contributed by atoms with Gasteiger partial charge in [0, 0.05) is 12.8 Å². The normalized spacial score (nSPS) is 14.1. The highest BCUT2D eigenvalue weighted by atomic mass is 31.2. The lowest BCUT2D eigenvalue weighted by molar-refractivity contribution is -0.0880. The van der Waals surface area contributed by atoms with E-state index in [9.17, 15) is 17.7 Å². The van der Waals surface area contributed by atoms with Crippen LogP contribution in [-0.2, 0) is 9.09 Å². The van der Waals surface area contributed by atoms with Crippen LogP contribution in [-0.4, -0.2) is 28.0 Å². The third-order valence-corrected chi connectivity index (χ3v) is 2.43. The number of phosphoric ester groups is 1. The standard InChI is InChI=1S/C9H10F3O4P/c1-3-5-9(6-4-2,7(10)8(11)12)16-17(13,14)15/h1-2,7-8H,5-6H2,(H2,13,14,15). The molecule has 0 aliphatic carbocycles. The average Bonchev–Trinajstić information content (AvgIpc) is 2.14. The zero-order valence-corrected chi connectivity index (χ0v) is 9.41. The van der Waals surface area contributed by atoms with Crippen LogP contribution in [0.3, 0.4) is 0 Å². The van der Waals surface area contributed by atoms with E-state index >= 15 is 0 Å². The maximum atomic E-state index is 13.3. The quantitative estimate of drug-likeness (QED) is 0.566. The fourth-order valence-corrected chi connectivity index (χ4v) is 1.89. The predicted molar refractivity (Wildman–Crippen MR) is 53.7 cm³/mol. The number of hydrogen-bond donors (Lipinski definition) is 2. The van der Waals surface area contributed by atoms with Crippen LogP contribution >= 0.6 is 7.82 Å². The molecule has 8 heteroatoms. The van der Waals surface area contributed by atoms with Crippen LogP contribution in [0.2, 0.25) is 0 Å². The summed E-state index contributed by atoms with van der Waals surface area (Å²) in [6, 6.07) is 0. The van der Waals surface area contributed by atoms with Gasteiger partial charge in [0.1, 0.15) is 5.60 Å². The van der Waals surface area contributed by atoms with Crippen LogP contribution in [0.15, 0.2) is 0 Å². The van der Waals surface area contributed by atoms with E-state index in [1.54, 1.807) is 0 Å². The second-order valence-corrected chi connectivity index (χ2v) is 4.31. The largest absolute Gasteiger partial charge is 0.470 e. The molecule has 0 fully saturated rings. The first-order chi connectivity index (χ1) is 7.68. The Hall–Kier alpha value is -0.980. The van der Waals surface area contributed by atoms with Crippen LogP contribution in [0.4, 0.5) is 13.2 Å². The van der Waals surface area contributed by atoms with Crippen LogP contribution in [0.25, 0.3) is 0 Å². The number of terminal acetylenes is 2. The topological polar surface area (TPSA) is 66.8 Å². The van der Waals surface area contributed by atoms with Crippen molar-refractivity contribution in [2.75, 3.05) is 0 Å². The lowest BCUT2D eigenvalue weighted by Crippen LogP contribution is -2.45. The molecule has 17 heavy (non-hydrogen) atoms. The second-order valence-electron chi connectivity index (χ2n) is 3.14. The summed E-state index contributed by atoms with van der Waals surface area (Å²) < 4.78 is 52.6. The molecule has 4 nitrogen and oxygen atoms in total. The van der Waals surface area contributed by atoms with E-state index < -0.39 is 38.9 Å². The highest BCUT2D eigenvalue weighted by Gasteiger charge is 2.49. The summed E-state index contributed by atoms with van der Waals surface area (Å²) in [7, 11) is -5.20. The highest BCUT2D eigenvalue weighted by Crippen LogP contribution is 2.46. The Morgan fingerprint density at radius 1 is 1.24 bits per heavy atom. The van der Waals surface area contributed by atoms with Crippen LogP contribution in [0, 0.1) is 24.7 Å². The van der Waals surface area contributed by atoms with Gasteiger partial charge < -0.3 is 9.79 Å². The third-order valence-electron chi connectivity index (χ3n) is 1.83. The molecular weight excluding hydrogens is 260 g/mol. The van der Waals surface area contributed by atoms with E-state index in [1.165, 1.54) is 0 Å². The van der Waals surface area contributed by atoms with Gasteiger partial charge in [0.05, 0.1) is 0 Å². The van der Waals surface area contributed by atoms with Crippen molar-refractivity contribution >= 4 is 7.82 Å². The first kappa shape index (κ1) is 16.0.